The number of carbonyl (C=O) groups excluding carboxylic acids is 1. The van der Waals surface area contributed by atoms with Gasteiger partial charge in [-0.3, -0.25) is 9.69 Å². The molecule has 4 rings (SSSR count). The Labute approximate surface area is 185 Å². The van der Waals surface area contributed by atoms with E-state index >= 15 is 0 Å². The zero-order valence-corrected chi connectivity index (χ0v) is 19.2. The summed E-state index contributed by atoms with van der Waals surface area (Å²) in [6.45, 7) is 7.78. The lowest BCUT2D eigenvalue weighted by Crippen LogP contribution is -2.24. The Bertz CT molecular complexity index is 1210. The van der Waals surface area contributed by atoms with E-state index in [0.717, 1.165) is 33.4 Å². The summed E-state index contributed by atoms with van der Waals surface area (Å²) in [5.41, 5.74) is 5.30. The maximum Gasteiger partial charge on any atom is 0.230 e. The van der Waals surface area contributed by atoms with Crippen LogP contribution in [0.15, 0.2) is 64.9 Å². The predicted octanol–water partition coefficient (Wildman–Crippen LogP) is 7.20. The molecule has 0 radical (unpaired) electrons. The van der Waals surface area contributed by atoms with Gasteiger partial charge in [0.2, 0.25) is 5.91 Å². The number of anilines is 2. The Morgan fingerprint density at radius 1 is 1.00 bits per heavy atom. The van der Waals surface area contributed by atoms with Crippen LogP contribution in [0, 0.1) is 20.8 Å². The number of aromatic nitrogens is 1. The van der Waals surface area contributed by atoms with Crippen LogP contribution in [-0.4, -0.2) is 10.9 Å². The van der Waals surface area contributed by atoms with Crippen LogP contribution >= 0.6 is 23.1 Å². The van der Waals surface area contributed by atoms with Gasteiger partial charge in [-0.2, -0.15) is 0 Å². The van der Waals surface area contributed by atoms with Crippen molar-refractivity contribution in [3.05, 3.63) is 82.4 Å². The Morgan fingerprint density at radius 3 is 2.40 bits per heavy atom. The summed E-state index contributed by atoms with van der Waals surface area (Å²) in [6.07, 6.45) is 0. The molecule has 0 atom stereocenters. The van der Waals surface area contributed by atoms with Crippen LogP contribution in [0.3, 0.4) is 0 Å². The van der Waals surface area contributed by atoms with Gasteiger partial charge >= 0.3 is 0 Å². The highest BCUT2D eigenvalue weighted by Crippen LogP contribution is 2.35. The van der Waals surface area contributed by atoms with Crippen molar-refractivity contribution in [3.63, 3.8) is 0 Å². The lowest BCUT2D eigenvalue weighted by molar-refractivity contribution is -0.115. The van der Waals surface area contributed by atoms with Crippen molar-refractivity contribution in [2.45, 2.75) is 38.3 Å². The molecule has 0 unspecified atom stereocenters. The van der Waals surface area contributed by atoms with Gasteiger partial charge in [0.1, 0.15) is 0 Å². The molecule has 30 heavy (non-hydrogen) atoms. The molecule has 0 aliphatic carbocycles. The second-order valence-electron chi connectivity index (χ2n) is 7.52. The maximum atomic E-state index is 12.5. The summed E-state index contributed by atoms with van der Waals surface area (Å²) in [5.74, 6) is 0.750. The molecule has 3 aromatic carbocycles. The van der Waals surface area contributed by atoms with E-state index in [0.29, 0.717) is 0 Å². The molecule has 0 aliphatic heterocycles. The first kappa shape index (κ1) is 20.6. The van der Waals surface area contributed by atoms with Gasteiger partial charge in [0.15, 0.2) is 5.13 Å². The highest BCUT2D eigenvalue weighted by molar-refractivity contribution is 7.98. The van der Waals surface area contributed by atoms with E-state index < -0.39 is 0 Å². The molecular formula is C25H24N2OS2. The summed E-state index contributed by atoms with van der Waals surface area (Å²) < 4.78 is 0. The summed E-state index contributed by atoms with van der Waals surface area (Å²) in [4.78, 5) is 20.3. The first-order valence-corrected chi connectivity index (χ1v) is 11.7. The second kappa shape index (κ2) is 8.62. The molecule has 1 heterocycles. The van der Waals surface area contributed by atoms with E-state index in [1.165, 1.54) is 32.6 Å². The van der Waals surface area contributed by atoms with E-state index in [4.69, 9.17) is 4.98 Å². The van der Waals surface area contributed by atoms with Gasteiger partial charge in [-0.05, 0) is 54.8 Å². The van der Waals surface area contributed by atoms with E-state index in [9.17, 15) is 4.79 Å². The van der Waals surface area contributed by atoms with Gasteiger partial charge in [0.05, 0.1) is 11.4 Å². The Hall–Kier alpha value is -2.63. The normalized spacial score (nSPS) is 11.1. The van der Waals surface area contributed by atoms with E-state index in [1.807, 2.05) is 0 Å². The molecule has 0 N–H and O–H groups in total. The lowest BCUT2D eigenvalue weighted by atomic mass is 10.0. The zero-order valence-electron chi connectivity index (χ0n) is 17.6. The molecule has 0 saturated carbocycles. The summed E-state index contributed by atoms with van der Waals surface area (Å²) >= 11 is 3.29. The van der Waals surface area contributed by atoms with Crippen LogP contribution in [0.5, 0.6) is 0 Å². The Kier molecular flexibility index (Phi) is 5.93. The van der Waals surface area contributed by atoms with Crippen LogP contribution in [0.25, 0.3) is 10.8 Å². The highest BCUT2D eigenvalue weighted by atomic mass is 32.2. The third-order valence-electron chi connectivity index (χ3n) is 5.01. The van der Waals surface area contributed by atoms with Gasteiger partial charge in [-0.1, -0.05) is 48.0 Å². The zero-order chi connectivity index (χ0) is 21.3. The fourth-order valence-corrected chi connectivity index (χ4v) is 5.61. The van der Waals surface area contributed by atoms with Crippen LogP contribution in [0.2, 0.25) is 0 Å². The van der Waals surface area contributed by atoms with Crippen LogP contribution in [0.4, 0.5) is 10.8 Å². The number of hydrogen-bond acceptors (Lipinski definition) is 4. The van der Waals surface area contributed by atoms with Crippen LogP contribution in [0.1, 0.15) is 29.3 Å². The number of rotatable bonds is 5. The summed E-state index contributed by atoms with van der Waals surface area (Å²) in [5, 5.41) is 5.28. The molecule has 1 amide bonds. The van der Waals surface area contributed by atoms with E-state index in [2.05, 4.69) is 80.7 Å². The first-order valence-electron chi connectivity index (χ1n) is 9.87. The molecule has 0 saturated heterocycles. The van der Waals surface area contributed by atoms with E-state index in [-0.39, 0.29) is 5.91 Å². The number of benzene rings is 3. The van der Waals surface area contributed by atoms with Crippen molar-refractivity contribution >= 4 is 50.6 Å². The molecule has 5 heteroatoms. The number of nitrogens with zero attached hydrogens (tertiary/aromatic N) is 2. The Morgan fingerprint density at radius 2 is 1.70 bits per heavy atom. The predicted molar refractivity (Wildman–Crippen MR) is 129 cm³/mol. The third-order valence-corrected chi connectivity index (χ3v) is 6.91. The minimum atomic E-state index is -0.0202. The fourth-order valence-electron chi connectivity index (χ4n) is 3.79. The van der Waals surface area contributed by atoms with E-state index in [1.54, 1.807) is 23.6 Å². The first-order chi connectivity index (χ1) is 14.4. The average Bonchev–Trinajstić information content (AvgIpc) is 3.17. The van der Waals surface area contributed by atoms with Gasteiger partial charge < -0.3 is 0 Å². The minimum Gasteiger partial charge on any atom is -0.274 e. The van der Waals surface area contributed by atoms with Crippen molar-refractivity contribution in [1.29, 1.82) is 0 Å². The Balaban J connectivity index is 1.56. The van der Waals surface area contributed by atoms with Crippen molar-refractivity contribution < 1.29 is 4.79 Å². The molecule has 3 nitrogen and oxygen atoms in total. The lowest BCUT2D eigenvalue weighted by Gasteiger charge is -2.23. The number of thioether (sulfide) groups is 1. The summed E-state index contributed by atoms with van der Waals surface area (Å²) in [7, 11) is 0. The van der Waals surface area contributed by atoms with Gasteiger partial charge in [-0.15, -0.1) is 23.1 Å². The topological polar surface area (TPSA) is 33.2 Å². The second-order valence-corrected chi connectivity index (χ2v) is 9.41. The standard InChI is InChI=1S/C25H24N2OS2/c1-16-11-17(2)24(18(3)12-16)27(19(4)28)25-26-22(15-30-25)14-29-23-10-9-20-7-5-6-8-21(20)13-23/h5-13,15H,14H2,1-4H3. The quantitative estimate of drug-likeness (QED) is 0.313. The highest BCUT2D eigenvalue weighted by Gasteiger charge is 2.21. The number of aryl methyl sites for hydroxylation is 3. The molecule has 0 bridgehead atoms. The van der Waals surface area contributed by atoms with Gasteiger partial charge in [0.25, 0.3) is 0 Å². The summed E-state index contributed by atoms with van der Waals surface area (Å²) in [6, 6.07) is 19.1. The number of fused-ring (bicyclic) bond motifs is 1. The number of amides is 1. The molecule has 152 valence electrons. The van der Waals surface area contributed by atoms with Crippen molar-refractivity contribution in [2.75, 3.05) is 4.90 Å². The maximum absolute atomic E-state index is 12.5. The van der Waals surface area contributed by atoms with Crippen molar-refractivity contribution in [2.24, 2.45) is 0 Å². The molecule has 0 fully saturated rings. The van der Waals surface area contributed by atoms with Crippen molar-refractivity contribution in [3.8, 4) is 0 Å². The molecule has 4 aromatic rings. The van der Waals surface area contributed by atoms with Gasteiger partial charge in [0, 0.05) is 23.0 Å². The number of hydrogen-bond donors (Lipinski definition) is 0. The minimum absolute atomic E-state index is 0.0202. The average molecular weight is 433 g/mol. The molecular weight excluding hydrogens is 408 g/mol. The van der Waals surface area contributed by atoms with Crippen LogP contribution < -0.4 is 4.90 Å². The van der Waals surface area contributed by atoms with Crippen LogP contribution in [-0.2, 0) is 10.5 Å². The molecule has 1 aromatic heterocycles. The van der Waals surface area contributed by atoms with Gasteiger partial charge in [-0.25, -0.2) is 4.98 Å². The molecule has 0 aliphatic rings. The smallest absolute Gasteiger partial charge is 0.230 e. The SMILES string of the molecule is CC(=O)N(c1nc(CSc2ccc3ccccc3c2)cs1)c1c(C)cc(C)cc1C. The largest absolute Gasteiger partial charge is 0.274 e. The fraction of sp³-hybridized carbons (Fsp3) is 0.200. The van der Waals surface area contributed by atoms with Crippen molar-refractivity contribution in [1.82, 2.24) is 4.98 Å². The number of carbonyl (C=O) groups is 1. The molecule has 0 spiro atoms. The monoisotopic (exact) mass is 432 g/mol. The number of thiazole rings is 1. The third kappa shape index (κ3) is 4.27.